The van der Waals surface area contributed by atoms with Crippen LogP contribution < -0.4 is 4.74 Å². The summed E-state index contributed by atoms with van der Waals surface area (Å²) < 4.78 is 109. The maximum absolute atomic E-state index is 13.5. The fraction of sp³-hybridized carbons (Fsp3) is 0. The number of carbonyl (C=O) groups is 1. The van der Waals surface area contributed by atoms with E-state index < -0.39 is 75.3 Å². The van der Waals surface area contributed by atoms with Crippen LogP contribution in [0.25, 0.3) is 0 Å². The van der Waals surface area contributed by atoms with Gasteiger partial charge in [0.25, 0.3) is 0 Å². The van der Waals surface area contributed by atoms with Crippen LogP contribution >= 0.6 is 0 Å². The molecule has 0 fully saturated rings. The number of carbonyl (C=O) groups excluding carboxylic acids is 1. The van der Waals surface area contributed by atoms with Crippen LogP contribution in [0.1, 0.15) is 10.4 Å². The molecule has 0 aliphatic heterocycles. The molecule has 0 spiro atoms. The average molecular weight is 374 g/mol. The summed E-state index contributed by atoms with van der Waals surface area (Å²) in [4.78, 5) is 11.6. The molecule has 0 saturated carbocycles. The molecule has 134 valence electrons. The normalized spacial score (nSPS) is 10.9. The fourth-order valence-corrected chi connectivity index (χ4v) is 1.64. The third-order valence-corrected chi connectivity index (χ3v) is 2.84. The molecule has 0 radical (unpaired) electrons. The topological polar surface area (TPSA) is 66.8 Å². The molecule has 0 aromatic heterocycles. The summed E-state index contributed by atoms with van der Waals surface area (Å²) in [5.74, 6) is -28.6. The molecule has 0 aliphatic carbocycles. The molecular formula is C13H2F8O4. The van der Waals surface area contributed by atoms with Crippen molar-refractivity contribution in [3.8, 4) is 17.2 Å². The Balaban J connectivity index is 2.61. The van der Waals surface area contributed by atoms with Gasteiger partial charge in [-0.15, -0.1) is 0 Å². The van der Waals surface area contributed by atoms with E-state index in [1.54, 1.807) is 0 Å². The Hall–Kier alpha value is -3.05. The van der Waals surface area contributed by atoms with Gasteiger partial charge >= 0.3 is 5.97 Å². The Bertz CT molecular complexity index is 854. The molecular weight excluding hydrogens is 372 g/mol. The number of esters is 1. The first-order chi connectivity index (χ1) is 11.5. The minimum atomic E-state index is -2.60. The van der Waals surface area contributed by atoms with Crippen LogP contribution in [0.5, 0.6) is 17.2 Å². The maximum Gasteiger partial charge on any atom is 0.350 e. The number of hydrogen-bond donors (Lipinski definition) is 2. The zero-order valence-electron chi connectivity index (χ0n) is 11.2. The highest BCUT2D eigenvalue weighted by Gasteiger charge is 2.33. The third-order valence-electron chi connectivity index (χ3n) is 2.84. The van der Waals surface area contributed by atoms with Gasteiger partial charge in [0.05, 0.1) is 0 Å². The molecule has 0 amide bonds. The predicted octanol–water partition coefficient (Wildman–Crippen LogP) is 3.43. The van der Waals surface area contributed by atoms with Crippen molar-refractivity contribution in [1.82, 2.24) is 0 Å². The van der Waals surface area contributed by atoms with Crippen LogP contribution in [0.4, 0.5) is 35.1 Å². The zero-order valence-corrected chi connectivity index (χ0v) is 11.2. The van der Waals surface area contributed by atoms with E-state index in [2.05, 4.69) is 4.74 Å². The van der Waals surface area contributed by atoms with Crippen LogP contribution in [-0.4, -0.2) is 16.2 Å². The molecule has 2 N–H and O–H groups in total. The van der Waals surface area contributed by atoms with Gasteiger partial charge in [-0.05, 0) is 0 Å². The molecule has 0 heterocycles. The van der Waals surface area contributed by atoms with Crippen LogP contribution in [0, 0.1) is 46.5 Å². The fourth-order valence-electron chi connectivity index (χ4n) is 1.64. The lowest BCUT2D eigenvalue weighted by Gasteiger charge is -2.11. The van der Waals surface area contributed by atoms with Crippen molar-refractivity contribution in [2.24, 2.45) is 0 Å². The van der Waals surface area contributed by atoms with Crippen LogP contribution in [-0.2, 0) is 0 Å². The molecule has 0 bridgehead atoms. The minimum Gasteiger partial charge on any atom is -0.504 e. The van der Waals surface area contributed by atoms with Crippen molar-refractivity contribution in [1.29, 1.82) is 0 Å². The Labute approximate surface area is 131 Å². The van der Waals surface area contributed by atoms with Crippen LogP contribution in [0.2, 0.25) is 0 Å². The van der Waals surface area contributed by atoms with Crippen molar-refractivity contribution in [2.75, 3.05) is 0 Å². The van der Waals surface area contributed by atoms with Gasteiger partial charge in [0, 0.05) is 0 Å². The first-order valence-corrected chi connectivity index (χ1v) is 5.82. The Morgan fingerprint density at radius 2 is 1.04 bits per heavy atom. The number of halogens is 8. The van der Waals surface area contributed by atoms with E-state index in [1.165, 1.54) is 0 Å². The Morgan fingerprint density at radius 1 is 0.600 bits per heavy atom. The summed E-state index contributed by atoms with van der Waals surface area (Å²) in [5.41, 5.74) is -1.99. The average Bonchev–Trinajstić information content (AvgIpc) is 2.58. The van der Waals surface area contributed by atoms with Gasteiger partial charge < -0.3 is 14.9 Å². The summed E-state index contributed by atoms with van der Waals surface area (Å²) >= 11 is 0. The molecule has 2 aromatic carbocycles. The molecule has 0 atom stereocenters. The van der Waals surface area contributed by atoms with Crippen molar-refractivity contribution < 1.29 is 54.9 Å². The summed E-state index contributed by atoms with van der Waals surface area (Å²) in [6, 6.07) is 0. The number of phenolic OH excluding ortho intramolecular Hbond substituents is 2. The smallest absolute Gasteiger partial charge is 0.350 e. The second kappa shape index (κ2) is 6.11. The first-order valence-electron chi connectivity index (χ1n) is 5.82. The quantitative estimate of drug-likeness (QED) is 0.278. The maximum atomic E-state index is 13.5. The van der Waals surface area contributed by atoms with Crippen LogP contribution in [0.15, 0.2) is 0 Å². The second-order valence-corrected chi connectivity index (χ2v) is 4.30. The monoisotopic (exact) mass is 374 g/mol. The molecule has 0 unspecified atom stereocenters. The second-order valence-electron chi connectivity index (χ2n) is 4.30. The Kier molecular flexibility index (Phi) is 4.47. The molecule has 4 nitrogen and oxygen atoms in total. The number of rotatable bonds is 2. The highest BCUT2D eigenvalue weighted by molar-refractivity contribution is 5.94. The number of aromatic hydroxyl groups is 2. The van der Waals surface area contributed by atoms with E-state index in [0.29, 0.717) is 0 Å². The standard InChI is InChI=1S/C13H2F8O4/c14-2-1(10(22)9(21)11(23)6(2)18)13(24)25-12-7(19)4(16)3(15)5(17)8(12)20/h22-23H. The van der Waals surface area contributed by atoms with E-state index in [9.17, 15) is 45.0 Å². The van der Waals surface area contributed by atoms with E-state index in [-0.39, 0.29) is 0 Å². The van der Waals surface area contributed by atoms with Crippen molar-refractivity contribution in [3.05, 3.63) is 52.1 Å². The predicted molar refractivity (Wildman–Crippen MR) is 60.8 cm³/mol. The van der Waals surface area contributed by atoms with Gasteiger partial charge in [0.15, 0.2) is 17.3 Å². The summed E-state index contributed by atoms with van der Waals surface area (Å²) in [7, 11) is 0. The molecule has 12 heteroatoms. The largest absolute Gasteiger partial charge is 0.504 e. The summed E-state index contributed by atoms with van der Waals surface area (Å²) in [6.07, 6.45) is 0. The molecule has 0 saturated heterocycles. The molecule has 25 heavy (non-hydrogen) atoms. The van der Waals surface area contributed by atoms with Crippen molar-refractivity contribution >= 4 is 5.97 Å². The highest BCUT2D eigenvalue weighted by Crippen LogP contribution is 2.36. The van der Waals surface area contributed by atoms with Crippen molar-refractivity contribution in [2.45, 2.75) is 0 Å². The number of phenols is 2. The molecule has 2 rings (SSSR count). The summed E-state index contributed by atoms with van der Waals surface area (Å²) in [6.45, 7) is 0. The van der Waals surface area contributed by atoms with Gasteiger partial charge in [-0.2, -0.15) is 17.6 Å². The number of ether oxygens (including phenoxy) is 1. The third kappa shape index (κ3) is 2.68. The number of benzene rings is 2. The molecule has 2 aromatic rings. The van der Waals surface area contributed by atoms with E-state index in [4.69, 9.17) is 5.11 Å². The van der Waals surface area contributed by atoms with E-state index >= 15 is 0 Å². The van der Waals surface area contributed by atoms with Gasteiger partial charge in [-0.1, -0.05) is 0 Å². The minimum absolute atomic E-state index is 1.99. The van der Waals surface area contributed by atoms with E-state index in [0.717, 1.165) is 0 Å². The lowest BCUT2D eigenvalue weighted by molar-refractivity contribution is 0.0705. The van der Waals surface area contributed by atoms with Gasteiger partial charge in [-0.25, -0.2) is 22.4 Å². The summed E-state index contributed by atoms with van der Waals surface area (Å²) in [5, 5.41) is 18.0. The highest BCUT2D eigenvalue weighted by atomic mass is 19.2. The van der Waals surface area contributed by atoms with E-state index in [1.807, 2.05) is 0 Å². The lowest BCUT2D eigenvalue weighted by Crippen LogP contribution is -2.16. The number of hydrogen-bond acceptors (Lipinski definition) is 4. The first kappa shape index (κ1) is 18.3. The van der Waals surface area contributed by atoms with Gasteiger partial charge in [0.1, 0.15) is 5.56 Å². The molecule has 0 aliphatic rings. The zero-order chi connectivity index (χ0) is 19.2. The van der Waals surface area contributed by atoms with Crippen LogP contribution in [0.3, 0.4) is 0 Å². The van der Waals surface area contributed by atoms with Gasteiger partial charge in [-0.3, -0.25) is 0 Å². The van der Waals surface area contributed by atoms with Crippen molar-refractivity contribution in [3.63, 3.8) is 0 Å². The van der Waals surface area contributed by atoms with Gasteiger partial charge in [0.2, 0.25) is 46.5 Å². The lowest BCUT2D eigenvalue weighted by atomic mass is 10.1. The SMILES string of the molecule is O=C(Oc1c(F)c(F)c(F)c(F)c1F)c1c(O)c(F)c(O)c(F)c1F. The Morgan fingerprint density at radius 3 is 1.52 bits per heavy atom.